The van der Waals surface area contributed by atoms with Crippen molar-refractivity contribution >= 4 is 5.78 Å². The van der Waals surface area contributed by atoms with Crippen molar-refractivity contribution in [3.8, 4) is 6.19 Å². The van der Waals surface area contributed by atoms with Gasteiger partial charge in [-0.3, -0.25) is 4.79 Å². The lowest BCUT2D eigenvalue weighted by Gasteiger charge is -2.10. The number of hydrogen-bond acceptors (Lipinski definition) is 4. The van der Waals surface area contributed by atoms with E-state index in [1.165, 1.54) is 0 Å². The van der Waals surface area contributed by atoms with Crippen LogP contribution in [0.15, 0.2) is 41.4 Å². The van der Waals surface area contributed by atoms with Crippen molar-refractivity contribution in [2.24, 2.45) is 4.99 Å². The van der Waals surface area contributed by atoms with Crippen LogP contribution in [0.2, 0.25) is 0 Å². The minimum atomic E-state index is -0.0428. The van der Waals surface area contributed by atoms with E-state index >= 15 is 0 Å². The predicted octanol–water partition coefficient (Wildman–Crippen LogP) is 1.76. The Balaban J connectivity index is 2.42. The maximum Gasteiger partial charge on any atom is 0.241 e. The molecule has 0 radical (unpaired) electrons. The second kappa shape index (κ2) is 5.93. The van der Waals surface area contributed by atoms with E-state index in [4.69, 9.17) is 5.26 Å². The standard InChI is InChI=1S/C15H14N4O/c1-11-8-12(2)19(15(18-11)17-10-16)9-14(20)13-6-4-3-5-7-13/h3-8H,9H2,1-2H3. The first-order valence-corrected chi connectivity index (χ1v) is 6.18. The third-order valence-electron chi connectivity index (χ3n) is 2.91. The SMILES string of the molecule is Cc1cc(C)n(CC(=O)c2ccccc2)c(=NC#N)n1. The summed E-state index contributed by atoms with van der Waals surface area (Å²) in [5.41, 5.74) is 2.49. The molecule has 0 amide bonds. The van der Waals surface area contributed by atoms with Crippen LogP contribution in [0.3, 0.4) is 0 Å². The van der Waals surface area contributed by atoms with E-state index in [9.17, 15) is 4.79 Å². The molecule has 0 aliphatic carbocycles. The number of ketones is 1. The molecule has 100 valence electrons. The molecule has 0 fully saturated rings. The summed E-state index contributed by atoms with van der Waals surface area (Å²) in [6.07, 6.45) is 1.72. The molecule has 0 unspecified atom stereocenters. The van der Waals surface area contributed by atoms with Gasteiger partial charge in [-0.1, -0.05) is 30.3 Å². The van der Waals surface area contributed by atoms with Crippen LogP contribution < -0.4 is 5.62 Å². The Kier molecular flexibility index (Phi) is 4.06. The molecule has 1 aromatic carbocycles. The molecular formula is C15H14N4O. The molecule has 1 heterocycles. The molecule has 5 nitrogen and oxygen atoms in total. The molecule has 1 aromatic heterocycles. The number of carbonyl (C=O) groups is 1. The molecule has 0 bridgehead atoms. The first-order valence-electron chi connectivity index (χ1n) is 6.18. The molecule has 0 aliphatic rings. The van der Waals surface area contributed by atoms with Crippen LogP contribution in [0.1, 0.15) is 21.7 Å². The largest absolute Gasteiger partial charge is 0.306 e. The summed E-state index contributed by atoms with van der Waals surface area (Å²) in [7, 11) is 0. The van der Waals surface area contributed by atoms with Gasteiger partial charge in [0.2, 0.25) is 11.8 Å². The van der Waals surface area contributed by atoms with E-state index in [-0.39, 0.29) is 17.9 Å². The molecule has 20 heavy (non-hydrogen) atoms. The number of nitriles is 1. The third kappa shape index (κ3) is 2.98. The van der Waals surface area contributed by atoms with Crippen molar-refractivity contribution in [3.05, 3.63) is 59.0 Å². The van der Waals surface area contributed by atoms with E-state index in [0.717, 1.165) is 11.4 Å². The quantitative estimate of drug-likeness (QED) is 0.627. The summed E-state index contributed by atoms with van der Waals surface area (Å²) in [4.78, 5) is 20.1. The lowest BCUT2D eigenvalue weighted by Crippen LogP contribution is -2.30. The summed E-state index contributed by atoms with van der Waals surface area (Å²) < 4.78 is 1.64. The minimum Gasteiger partial charge on any atom is -0.306 e. The van der Waals surface area contributed by atoms with E-state index in [1.807, 2.05) is 38.1 Å². The molecule has 0 saturated heterocycles. The Morgan fingerprint density at radius 1 is 1.35 bits per heavy atom. The van der Waals surface area contributed by atoms with Gasteiger partial charge in [0, 0.05) is 17.0 Å². The van der Waals surface area contributed by atoms with Crippen molar-refractivity contribution in [1.29, 1.82) is 5.26 Å². The fourth-order valence-corrected chi connectivity index (χ4v) is 1.97. The lowest BCUT2D eigenvalue weighted by atomic mass is 10.1. The van der Waals surface area contributed by atoms with Crippen molar-refractivity contribution < 1.29 is 4.79 Å². The fourth-order valence-electron chi connectivity index (χ4n) is 1.97. The fraction of sp³-hybridized carbons (Fsp3) is 0.200. The summed E-state index contributed by atoms with van der Waals surface area (Å²) in [5.74, 6) is -0.0428. The zero-order valence-electron chi connectivity index (χ0n) is 11.4. The Morgan fingerprint density at radius 2 is 2.05 bits per heavy atom. The van der Waals surface area contributed by atoms with E-state index in [1.54, 1.807) is 22.9 Å². The molecule has 0 atom stereocenters. The molecule has 5 heteroatoms. The zero-order chi connectivity index (χ0) is 14.5. The van der Waals surface area contributed by atoms with Crippen LogP contribution in [0.4, 0.5) is 0 Å². The third-order valence-corrected chi connectivity index (χ3v) is 2.91. The molecule has 2 aromatic rings. The zero-order valence-corrected chi connectivity index (χ0v) is 11.4. The van der Waals surface area contributed by atoms with Gasteiger partial charge in [-0.05, 0) is 19.9 Å². The average Bonchev–Trinajstić information content (AvgIpc) is 2.43. The Hall–Kier alpha value is -2.74. The van der Waals surface area contributed by atoms with Gasteiger partial charge in [-0.15, -0.1) is 4.99 Å². The number of carbonyl (C=O) groups excluding carboxylic acids is 1. The normalized spacial score (nSPS) is 11.2. The molecular weight excluding hydrogens is 252 g/mol. The minimum absolute atomic E-state index is 0.0428. The Bertz CT molecular complexity index is 739. The van der Waals surface area contributed by atoms with Crippen LogP contribution in [0, 0.1) is 25.3 Å². The number of nitrogens with zero attached hydrogens (tertiary/aromatic N) is 4. The van der Waals surface area contributed by atoms with Crippen LogP contribution in [0.25, 0.3) is 0 Å². The smallest absolute Gasteiger partial charge is 0.241 e. The van der Waals surface area contributed by atoms with Crippen molar-refractivity contribution in [1.82, 2.24) is 9.55 Å². The van der Waals surface area contributed by atoms with Gasteiger partial charge in [0.15, 0.2) is 5.78 Å². The summed E-state index contributed by atoms with van der Waals surface area (Å²) >= 11 is 0. The Labute approximate surface area is 116 Å². The number of benzene rings is 1. The van der Waals surface area contributed by atoms with Crippen molar-refractivity contribution in [2.75, 3.05) is 0 Å². The van der Waals surface area contributed by atoms with Gasteiger partial charge in [0.05, 0.1) is 6.54 Å². The van der Waals surface area contributed by atoms with Gasteiger partial charge < -0.3 is 4.57 Å². The number of hydrogen-bond donors (Lipinski definition) is 0. The Morgan fingerprint density at radius 3 is 2.70 bits per heavy atom. The van der Waals surface area contributed by atoms with E-state index < -0.39 is 0 Å². The van der Waals surface area contributed by atoms with Crippen LogP contribution in [-0.4, -0.2) is 15.3 Å². The monoisotopic (exact) mass is 266 g/mol. The topological polar surface area (TPSA) is 71.0 Å². The van der Waals surface area contributed by atoms with Gasteiger partial charge in [0.1, 0.15) is 0 Å². The maximum atomic E-state index is 12.2. The first kappa shape index (κ1) is 13.7. The molecule has 0 aliphatic heterocycles. The predicted molar refractivity (Wildman–Crippen MR) is 73.6 cm³/mol. The van der Waals surface area contributed by atoms with Gasteiger partial charge in [-0.25, -0.2) is 4.98 Å². The first-order chi connectivity index (χ1) is 9.61. The van der Waals surface area contributed by atoms with Crippen molar-refractivity contribution in [2.45, 2.75) is 20.4 Å². The van der Waals surface area contributed by atoms with Gasteiger partial charge in [-0.2, -0.15) is 5.26 Å². The second-order valence-electron chi connectivity index (χ2n) is 4.43. The summed E-state index contributed by atoms with van der Waals surface area (Å²) in [6.45, 7) is 3.81. The highest BCUT2D eigenvalue weighted by Crippen LogP contribution is 2.03. The highest BCUT2D eigenvalue weighted by Gasteiger charge is 2.09. The highest BCUT2D eigenvalue weighted by atomic mass is 16.1. The number of aromatic nitrogens is 2. The molecule has 0 N–H and O–H groups in total. The van der Waals surface area contributed by atoms with Crippen molar-refractivity contribution in [3.63, 3.8) is 0 Å². The summed E-state index contributed by atoms with van der Waals surface area (Å²) in [6, 6.07) is 10.9. The van der Waals surface area contributed by atoms with Gasteiger partial charge in [0.25, 0.3) is 0 Å². The highest BCUT2D eigenvalue weighted by molar-refractivity contribution is 5.95. The maximum absolute atomic E-state index is 12.2. The average molecular weight is 266 g/mol. The number of Topliss-reactive ketones (excluding diaryl/α,β-unsaturated/α-hetero) is 1. The number of rotatable bonds is 3. The second-order valence-corrected chi connectivity index (χ2v) is 4.43. The van der Waals surface area contributed by atoms with Crippen LogP contribution >= 0.6 is 0 Å². The molecule has 2 rings (SSSR count). The number of aryl methyl sites for hydroxylation is 2. The lowest BCUT2D eigenvalue weighted by molar-refractivity contribution is 0.0969. The van der Waals surface area contributed by atoms with Crippen LogP contribution in [0.5, 0.6) is 0 Å². The molecule has 0 spiro atoms. The van der Waals surface area contributed by atoms with E-state index in [2.05, 4.69) is 9.98 Å². The molecule has 0 saturated carbocycles. The van der Waals surface area contributed by atoms with Crippen LogP contribution in [-0.2, 0) is 6.54 Å². The summed E-state index contributed by atoms with van der Waals surface area (Å²) in [5, 5.41) is 8.72. The van der Waals surface area contributed by atoms with Gasteiger partial charge >= 0.3 is 0 Å². The van der Waals surface area contributed by atoms with E-state index in [0.29, 0.717) is 5.56 Å².